The number of aliphatic hydroxyl groups is 1. The third-order valence-electron chi connectivity index (χ3n) is 8.48. The zero-order valence-electron chi connectivity index (χ0n) is 20.9. The standard InChI is InChI=1S/C31H35NO3/c1-20-8-7-11-26(16-20)31(35,30(33)34)28-15-14-27(21(2)22(28)3)29-24-12-13-25(29)19-32(18-24)17-23-9-5-4-6-10-23/h4-11,14-16,24-25,29,35H,12-13,17-19H2,1-3H3,(H,33,34). The molecule has 1 aliphatic carbocycles. The van der Waals surface area contributed by atoms with Crippen LogP contribution < -0.4 is 0 Å². The van der Waals surface area contributed by atoms with Gasteiger partial charge in [-0.05, 0) is 79.2 Å². The second-order valence-electron chi connectivity index (χ2n) is 10.6. The molecule has 1 saturated heterocycles. The smallest absolute Gasteiger partial charge is 0.345 e. The van der Waals surface area contributed by atoms with E-state index in [0.717, 1.165) is 36.3 Å². The van der Waals surface area contributed by atoms with Crippen LogP contribution >= 0.6 is 0 Å². The molecule has 0 radical (unpaired) electrons. The van der Waals surface area contributed by atoms with Gasteiger partial charge in [-0.3, -0.25) is 4.90 Å². The van der Waals surface area contributed by atoms with Crippen molar-refractivity contribution in [1.29, 1.82) is 0 Å². The van der Waals surface area contributed by atoms with Crippen LogP contribution in [-0.4, -0.2) is 34.2 Å². The number of aliphatic carboxylic acids is 1. The molecule has 0 spiro atoms. The summed E-state index contributed by atoms with van der Waals surface area (Å²) in [4.78, 5) is 15.0. The van der Waals surface area contributed by atoms with Gasteiger partial charge in [-0.1, -0.05) is 72.3 Å². The van der Waals surface area contributed by atoms with Crippen molar-refractivity contribution < 1.29 is 15.0 Å². The number of benzene rings is 3. The van der Waals surface area contributed by atoms with E-state index < -0.39 is 11.6 Å². The molecule has 4 nitrogen and oxygen atoms in total. The second kappa shape index (κ2) is 9.25. The lowest BCUT2D eigenvalue weighted by Gasteiger charge is -2.39. The third kappa shape index (κ3) is 4.19. The van der Waals surface area contributed by atoms with Crippen molar-refractivity contribution in [2.75, 3.05) is 13.1 Å². The highest BCUT2D eigenvalue weighted by Crippen LogP contribution is 2.50. The number of fused-ring (bicyclic) bond motifs is 2. The number of hydrogen-bond donors (Lipinski definition) is 2. The number of carboxylic acid groups (broad SMARTS) is 1. The summed E-state index contributed by atoms with van der Waals surface area (Å²) in [6, 6.07) is 21.8. The quantitative estimate of drug-likeness (QED) is 0.496. The van der Waals surface area contributed by atoms with Gasteiger partial charge in [0.2, 0.25) is 5.60 Å². The van der Waals surface area contributed by atoms with Crippen LogP contribution in [0.2, 0.25) is 0 Å². The van der Waals surface area contributed by atoms with Gasteiger partial charge in [-0.15, -0.1) is 0 Å². The highest BCUT2D eigenvalue weighted by atomic mass is 16.4. The van der Waals surface area contributed by atoms with Crippen molar-refractivity contribution >= 4 is 5.97 Å². The Morgan fingerprint density at radius 1 is 0.914 bits per heavy atom. The number of hydrogen-bond acceptors (Lipinski definition) is 3. The van der Waals surface area contributed by atoms with Crippen LogP contribution in [0.3, 0.4) is 0 Å². The van der Waals surface area contributed by atoms with E-state index >= 15 is 0 Å². The van der Waals surface area contributed by atoms with Gasteiger partial charge in [0.15, 0.2) is 0 Å². The van der Waals surface area contributed by atoms with E-state index in [2.05, 4.69) is 48.2 Å². The van der Waals surface area contributed by atoms with Gasteiger partial charge < -0.3 is 10.2 Å². The predicted octanol–water partition coefficient (Wildman–Crippen LogP) is 5.56. The minimum absolute atomic E-state index is 0.398. The number of likely N-dealkylation sites (tertiary alicyclic amines) is 1. The van der Waals surface area contributed by atoms with Crippen molar-refractivity contribution in [3.8, 4) is 0 Å². The lowest BCUT2D eigenvalue weighted by atomic mass is 9.75. The van der Waals surface area contributed by atoms with Gasteiger partial charge in [0.25, 0.3) is 0 Å². The lowest BCUT2D eigenvalue weighted by molar-refractivity contribution is -0.155. The van der Waals surface area contributed by atoms with Crippen molar-refractivity contribution in [3.05, 3.63) is 106 Å². The molecule has 4 heteroatoms. The van der Waals surface area contributed by atoms with Crippen LogP contribution in [-0.2, 0) is 16.9 Å². The Bertz CT molecular complexity index is 1220. The number of rotatable bonds is 6. The van der Waals surface area contributed by atoms with Crippen LogP contribution in [0, 0.1) is 32.6 Å². The van der Waals surface area contributed by atoms with Gasteiger partial charge in [0, 0.05) is 25.2 Å². The summed E-state index contributed by atoms with van der Waals surface area (Å²) in [5, 5.41) is 21.7. The molecule has 2 aliphatic rings. The molecule has 2 fully saturated rings. The number of piperidine rings is 1. The molecule has 0 aromatic heterocycles. The normalized spacial score (nSPS) is 23.7. The van der Waals surface area contributed by atoms with E-state index in [0.29, 0.717) is 28.9 Å². The molecule has 2 N–H and O–H groups in total. The van der Waals surface area contributed by atoms with Gasteiger partial charge >= 0.3 is 5.97 Å². The Balaban J connectivity index is 1.45. The topological polar surface area (TPSA) is 60.8 Å². The van der Waals surface area contributed by atoms with Crippen LogP contribution in [0.15, 0.2) is 66.7 Å². The lowest BCUT2D eigenvalue weighted by Crippen LogP contribution is -2.41. The fraction of sp³-hybridized carbons (Fsp3) is 0.387. The van der Waals surface area contributed by atoms with E-state index in [-0.39, 0.29) is 0 Å². The van der Waals surface area contributed by atoms with Crippen molar-refractivity contribution in [3.63, 3.8) is 0 Å². The molecule has 3 unspecified atom stereocenters. The number of nitrogens with zero attached hydrogens (tertiary/aromatic N) is 1. The Labute approximate surface area is 208 Å². The Kier molecular flexibility index (Phi) is 6.29. The molecule has 182 valence electrons. The molecule has 3 atom stereocenters. The average molecular weight is 470 g/mol. The molecule has 2 bridgehead atoms. The van der Waals surface area contributed by atoms with Gasteiger partial charge in [-0.2, -0.15) is 0 Å². The Morgan fingerprint density at radius 2 is 1.60 bits per heavy atom. The first-order valence-electron chi connectivity index (χ1n) is 12.7. The summed E-state index contributed by atoms with van der Waals surface area (Å²) in [6.07, 6.45) is 2.48. The molecule has 3 aromatic carbocycles. The third-order valence-corrected chi connectivity index (χ3v) is 8.48. The van der Waals surface area contributed by atoms with E-state index in [1.807, 2.05) is 26.0 Å². The summed E-state index contributed by atoms with van der Waals surface area (Å²) in [6.45, 7) is 9.16. The maximum Gasteiger partial charge on any atom is 0.345 e. The first-order valence-corrected chi connectivity index (χ1v) is 12.7. The molecule has 35 heavy (non-hydrogen) atoms. The van der Waals surface area contributed by atoms with E-state index in [9.17, 15) is 15.0 Å². The minimum Gasteiger partial charge on any atom is -0.479 e. The Hall–Kier alpha value is -2.95. The van der Waals surface area contributed by atoms with Crippen LogP contribution in [0.1, 0.15) is 57.7 Å². The number of carboxylic acids is 1. The maximum absolute atomic E-state index is 12.4. The van der Waals surface area contributed by atoms with Crippen molar-refractivity contribution in [1.82, 2.24) is 4.90 Å². The predicted molar refractivity (Wildman–Crippen MR) is 138 cm³/mol. The van der Waals surface area contributed by atoms with Gasteiger partial charge in [0.1, 0.15) is 0 Å². The van der Waals surface area contributed by atoms with Crippen LogP contribution in [0.25, 0.3) is 0 Å². The molecule has 1 saturated carbocycles. The van der Waals surface area contributed by atoms with E-state index in [1.54, 1.807) is 18.2 Å². The summed E-state index contributed by atoms with van der Waals surface area (Å²) in [7, 11) is 0. The maximum atomic E-state index is 12.4. The molecule has 3 aromatic rings. The van der Waals surface area contributed by atoms with Crippen molar-refractivity contribution in [2.45, 2.75) is 51.7 Å². The first kappa shape index (κ1) is 23.8. The van der Waals surface area contributed by atoms with Crippen molar-refractivity contribution in [2.24, 2.45) is 11.8 Å². The number of carbonyl (C=O) groups is 1. The van der Waals surface area contributed by atoms with E-state index in [4.69, 9.17) is 0 Å². The fourth-order valence-corrected chi connectivity index (χ4v) is 6.66. The first-order chi connectivity index (χ1) is 16.8. The number of aryl methyl sites for hydroxylation is 1. The van der Waals surface area contributed by atoms with E-state index in [1.165, 1.54) is 24.0 Å². The zero-order chi connectivity index (χ0) is 24.7. The largest absolute Gasteiger partial charge is 0.479 e. The monoisotopic (exact) mass is 469 g/mol. The minimum atomic E-state index is -2.07. The molecule has 0 amide bonds. The molecular weight excluding hydrogens is 434 g/mol. The van der Waals surface area contributed by atoms with Crippen LogP contribution in [0.5, 0.6) is 0 Å². The molecule has 1 aliphatic heterocycles. The molecule has 1 heterocycles. The molecular formula is C31H35NO3. The fourth-order valence-electron chi connectivity index (χ4n) is 6.66. The zero-order valence-corrected chi connectivity index (χ0v) is 20.9. The second-order valence-corrected chi connectivity index (χ2v) is 10.6. The average Bonchev–Trinajstić information content (AvgIpc) is 3.10. The highest BCUT2D eigenvalue weighted by molar-refractivity contribution is 5.84. The summed E-state index contributed by atoms with van der Waals surface area (Å²) < 4.78 is 0. The Morgan fingerprint density at radius 3 is 2.23 bits per heavy atom. The van der Waals surface area contributed by atoms with Crippen LogP contribution in [0.4, 0.5) is 0 Å². The highest BCUT2D eigenvalue weighted by Gasteiger charge is 2.45. The summed E-state index contributed by atoms with van der Waals surface area (Å²) in [5.74, 6) is 0.465. The molecule has 5 rings (SSSR count). The SMILES string of the molecule is Cc1cccc(C(O)(C(=O)O)c2ccc(C3C4CCC3CN(Cc3ccccc3)C4)c(C)c2C)c1. The van der Waals surface area contributed by atoms with Gasteiger partial charge in [0.05, 0.1) is 0 Å². The summed E-state index contributed by atoms with van der Waals surface area (Å²) >= 11 is 0. The summed E-state index contributed by atoms with van der Waals surface area (Å²) in [5.41, 5.74) is 4.40. The van der Waals surface area contributed by atoms with Gasteiger partial charge in [-0.25, -0.2) is 4.79 Å².